The third kappa shape index (κ3) is 4.98. The molecule has 10 aromatic carbocycles. The van der Waals surface area contributed by atoms with Gasteiger partial charge in [0.2, 0.25) is 0 Å². The summed E-state index contributed by atoms with van der Waals surface area (Å²) in [7, 11) is 0. The summed E-state index contributed by atoms with van der Waals surface area (Å²) in [6, 6.07) is 71.9. The van der Waals surface area contributed by atoms with E-state index < -0.39 is 0 Å². The van der Waals surface area contributed by atoms with Gasteiger partial charge in [-0.15, -0.1) is 0 Å². The van der Waals surface area contributed by atoms with Gasteiger partial charge in [0.05, 0.1) is 0 Å². The second-order valence-corrected chi connectivity index (χ2v) is 17.2. The minimum atomic E-state index is 0.112. The monoisotopic (exact) mass is 787 g/mol. The van der Waals surface area contributed by atoms with E-state index in [0.29, 0.717) is 0 Å². The topological polar surface area (TPSA) is 12.9 Å². The predicted molar refractivity (Wildman–Crippen MR) is 245 cm³/mol. The van der Waals surface area contributed by atoms with Crippen LogP contribution in [0.5, 0.6) is 0 Å². The maximum absolute atomic E-state index is 4.72. The summed E-state index contributed by atoms with van der Waals surface area (Å²) in [5, 5.41) is 14.1. The van der Waals surface area contributed by atoms with Crippen LogP contribution in [0, 0.1) is 0 Å². The molecule has 0 aliphatic carbocycles. The first-order valence-corrected chi connectivity index (χ1v) is 21.2. The van der Waals surface area contributed by atoms with Crippen molar-refractivity contribution in [3.05, 3.63) is 200 Å². The average Bonchev–Trinajstić information content (AvgIpc) is 3.66. The van der Waals surface area contributed by atoms with Gasteiger partial charge in [0.15, 0.2) is 0 Å². The third-order valence-corrected chi connectivity index (χ3v) is 14.4. The van der Waals surface area contributed by atoms with E-state index in [-0.39, 0.29) is 14.5 Å². The zero-order valence-electron chi connectivity index (χ0n) is 30.9. The number of pyridine rings is 1. The maximum atomic E-state index is 4.72. The molecule has 0 N–H and O–H groups in total. The summed E-state index contributed by atoms with van der Waals surface area (Å²) >= 11 is 0.112. The van der Waals surface area contributed by atoms with Gasteiger partial charge in [0, 0.05) is 0 Å². The summed E-state index contributed by atoms with van der Waals surface area (Å²) in [5.41, 5.74) is 11.3. The van der Waals surface area contributed by atoms with Gasteiger partial charge in [-0.2, -0.15) is 0 Å². The zero-order chi connectivity index (χ0) is 37.5. The third-order valence-electron chi connectivity index (χ3n) is 11.9. The van der Waals surface area contributed by atoms with Crippen LogP contribution < -0.4 is 0 Å². The van der Waals surface area contributed by atoms with Gasteiger partial charge < -0.3 is 0 Å². The normalized spacial score (nSPS) is 11.9. The van der Waals surface area contributed by atoms with E-state index in [0.717, 1.165) is 10.9 Å². The molecule has 0 aliphatic heterocycles. The molecule has 2 heterocycles. The Kier molecular flexibility index (Phi) is 7.32. The summed E-state index contributed by atoms with van der Waals surface area (Å²) in [6.07, 6.45) is 1.88. The Morgan fingerprint density at radius 2 is 0.807 bits per heavy atom. The Morgan fingerprint density at radius 3 is 1.40 bits per heavy atom. The molecule has 0 saturated heterocycles. The molecule has 264 valence electrons. The van der Waals surface area contributed by atoms with Gasteiger partial charge in [0.1, 0.15) is 0 Å². The summed E-state index contributed by atoms with van der Waals surface area (Å²) in [4.78, 5) is 4.72. The van der Waals surface area contributed by atoms with E-state index in [2.05, 4.69) is 188 Å². The van der Waals surface area contributed by atoms with Crippen molar-refractivity contribution in [1.82, 2.24) is 4.98 Å². The van der Waals surface area contributed by atoms with Gasteiger partial charge in [-0.25, -0.2) is 0 Å². The molecule has 0 bridgehead atoms. The van der Waals surface area contributed by atoms with Crippen LogP contribution in [-0.2, 0) is 0 Å². The first-order chi connectivity index (χ1) is 28.3. The molecule has 12 aromatic rings. The summed E-state index contributed by atoms with van der Waals surface area (Å²) in [6.45, 7) is 0. The second kappa shape index (κ2) is 12.9. The Labute approximate surface area is 335 Å². The van der Waals surface area contributed by atoms with Crippen molar-refractivity contribution < 1.29 is 0 Å². The van der Waals surface area contributed by atoms with Gasteiger partial charge in [-0.05, 0) is 6.07 Å². The van der Waals surface area contributed by atoms with Crippen molar-refractivity contribution in [1.29, 1.82) is 0 Å². The molecule has 0 radical (unpaired) electrons. The summed E-state index contributed by atoms with van der Waals surface area (Å²) < 4.78 is 2.91. The molecular weight excluding hydrogens is 754 g/mol. The van der Waals surface area contributed by atoms with Crippen LogP contribution in [0.3, 0.4) is 0 Å². The molecular formula is C55H33NSe. The van der Waals surface area contributed by atoms with Crippen molar-refractivity contribution in [2.75, 3.05) is 0 Å². The molecule has 0 aliphatic rings. The molecule has 0 amide bonds. The van der Waals surface area contributed by atoms with E-state index in [1.165, 1.54) is 107 Å². The van der Waals surface area contributed by atoms with E-state index in [9.17, 15) is 0 Å². The van der Waals surface area contributed by atoms with Crippen LogP contribution in [0.15, 0.2) is 200 Å². The Hall–Kier alpha value is -6.83. The average molecular weight is 787 g/mol. The first kappa shape index (κ1) is 32.4. The molecule has 12 rings (SSSR count). The SMILES string of the molecule is c1ccc(-c2c3ccccc3c(-c3cccc4c3[se]c3cc(-c5c6ccccc6c(-c6ccc7cccnc7c6)c6ccccc56)ccc34)c3ccccc23)cc1. The van der Waals surface area contributed by atoms with Crippen LogP contribution in [0.25, 0.3) is 118 Å². The van der Waals surface area contributed by atoms with Crippen molar-refractivity contribution in [3.8, 4) is 44.5 Å². The molecule has 0 unspecified atom stereocenters. The van der Waals surface area contributed by atoms with E-state index in [4.69, 9.17) is 4.98 Å². The molecule has 1 nitrogen and oxygen atoms in total. The van der Waals surface area contributed by atoms with Gasteiger partial charge in [0.25, 0.3) is 0 Å². The number of benzene rings is 10. The first-order valence-electron chi connectivity index (χ1n) is 19.5. The zero-order valence-corrected chi connectivity index (χ0v) is 32.6. The molecule has 0 saturated carbocycles. The van der Waals surface area contributed by atoms with Crippen LogP contribution in [0.4, 0.5) is 0 Å². The minimum absolute atomic E-state index is 0.112. The molecule has 2 aromatic heterocycles. The standard InChI is InChI=1S/C55H33NSe/c1-2-14-35(15-3-1)51-43-21-8-10-23-45(43)54(46-24-11-9-22-44(46)51)48-26-12-25-47-38-30-29-37(33-50(38)57-55(47)48)53-41-19-6-4-17-39(41)52(40-18-5-7-20-42(40)53)36-28-27-34-16-13-31-56-49(34)32-36/h1-33H. The van der Waals surface area contributed by atoms with Crippen LogP contribution in [0.1, 0.15) is 0 Å². The number of nitrogens with zero attached hydrogens (tertiary/aromatic N) is 1. The molecule has 2 heteroatoms. The van der Waals surface area contributed by atoms with Crippen molar-refractivity contribution in [2.45, 2.75) is 0 Å². The number of hydrogen-bond donors (Lipinski definition) is 0. The fourth-order valence-corrected chi connectivity index (χ4v) is 12.1. The van der Waals surface area contributed by atoms with E-state index in [1.54, 1.807) is 0 Å². The van der Waals surface area contributed by atoms with Crippen LogP contribution in [-0.4, -0.2) is 19.5 Å². The van der Waals surface area contributed by atoms with Crippen molar-refractivity contribution in [3.63, 3.8) is 0 Å². The fraction of sp³-hybridized carbons (Fsp3) is 0. The quantitative estimate of drug-likeness (QED) is 0.128. The van der Waals surface area contributed by atoms with Gasteiger partial charge in [-0.1, -0.05) is 0 Å². The van der Waals surface area contributed by atoms with Crippen molar-refractivity contribution in [2.24, 2.45) is 0 Å². The molecule has 0 atom stereocenters. The number of hydrogen-bond acceptors (Lipinski definition) is 1. The van der Waals surface area contributed by atoms with Gasteiger partial charge in [-0.3, -0.25) is 0 Å². The molecule has 57 heavy (non-hydrogen) atoms. The molecule has 0 spiro atoms. The van der Waals surface area contributed by atoms with E-state index >= 15 is 0 Å². The second-order valence-electron chi connectivity index (χ2n) is 15.0. The Balaban J connectivity index is 1.10. The van der Waals surface area contributed by atoms with Crippen LogP contribution in [0.2, 0.25) is 0 Å². The van der Waals surface area contributed by atoms with Crippen LogP contribution >= 0.6 is 0 Å². The molecule has 0 fully saturated rings. The number of rotatable bonds is 4. The Bertz CT molecular complexity index is 3460. The fourth-order valence-electron chi connectivity index (χ4n) is 9.46. The Morgan fingerprint density at radius 1 is 0.316 bits per heavy atom. The predicted octanol–water partition coefficient (Wildman–Crippen LogP) is 14.9. The van der Waals surface area contributed by atoms with Crippen molar-refractivity contribution >= 4 is 87.8 Å². The number of fused-ring (bicyclic) bond motifs is 8. The van der Waals surface area contributed by atoms with Gasteiger partial charge >= 0.3 is 332 Å². The van der Waals surface area contributed by atoms with E-state index in [1.807, 2.05) is 12.3 Å². The number of aromatic nitrogens is 1. The summed E-state index contributed by atoms with van der Waals surface area (Å²) in [5.74, 6) is 0.